The predicted molar refractivity (Wildman–Crippen MR) is 129 cm³/mol. The van der Waals surface area contributed by atoms with Crippen LogP contribution in [0, 0.1) is 12.5 Å². The van der Waals surface area contributed by atoms with Gasteiger partial charge >= 0.3 is 6.09 Å². The summed E-state index contributed by atoms with van der Waals surface area (Å²) < 4.78 is 5.19. The molecule has 1 aromatic rings. The van der Waals surface area contributed by atoms with Crippen molar-refractivity contribution in [1.29, 1.82) is 0 Å². The second kappa shape index (κ2) is 11.5. The number of nitrogens with two attached hydrogens (primary N) is 1. The molecule has 4 amide bonds. The lowest BCUT2D eigenvalue weighted by Crippen LogP contribution is -2.54. The van der Waals surface area contributed by atoms with Gasteiger partial charge in [-0.3, -0.25) is 19.3 Å². The fraction of sp³-hybridized carbons (Fsp3) is 0.520. The Morgan fingerprint density at radius 3 is 2.06 bits per heavy atom. The summed E-state index contributed by atoms with van der Waals surface area (Å²) in [7, 11) is 0. The molecule has 0 aliphatic heterocycles. The van der Waals surface area contributed by atoms with E-state index in [-0.39, 0.29) is 0 Å². The maximum absolute atomic E-state index is 13.4. The maximum Gasteiger partial charge on any atom is 0.408 e. The van der Waals surface area contributed by atoms with Crippen molar-refractivity contribution < 1.29 is 23.9 Å². The highest BCUT2D eigenvalue weighted by atomic mass is 16.6. The van der Waals surface area contributed by atoms with Crippen LogP contribution in [0.2, 0.25) is 0 Å². The average Bonchev–Trinajstić information content (AvgIpc) is 2.68. The molecule has 2 unspecified atom stereocenters. The van der Waals surface area contributed by atoms with E-state index in [0.717, 1.165) is 16.9 Å². The van der Waals surface area contributed by atoms with Crippen molar-refractivity contribution in [3.8, 4) is 12.5 Å². The lowest BCUT2D eigenvalue weighted by Gasteiger charge is -2.32. The normalized spacial score (nSPS) is 13.1. The Balaban J connectivity index is 3.42. The summed E-state index contributed by atoms with van der Waals surface area (Å²) in [5, 5.41) is 5.19. The number of nitrogens with one attached hydrogen (secondary N) is 2. The third-order valence-electron chi connectivity index (χ3n) is 4.48. The molecule has 0 heterocycles. The number of ether oxygens (including phenoxy) is 1. The molecule has 4 N–H and O–H groups in total. The molecule has 0 spiro atoms. The molecule has 0 bridgehead atoms. The van der Waals surface area contributed by atoms with Gasteiger partial charge in [0.15, 0.2) is 0 Å². The van der Waals surface area contributed by atoms with Gasteiger partial charge in [-0.15, -0.1) is 0 Å². The van der Waals surface area contributed by atoms with Crippen LogP contribution >= 0.6 is 0 Å². The molecule has 0 fully saturated rings. The van der Waals surface area contributed by atoms with Gasteiger partial charge in [-0.05, 0) is 59.1 Å². The Kier molecular flexibility index (Phi) is 9.68. The van der Waals surface area contributed by atoms with E-state index in [2.05, 4.69) is 16.7 Å². The predicted octanol–water partition coefficient (Wildman–Crippen LogP) is 2.39. The van der Waals surface area contributed by atoms with Crippen LogP contribution in [0.5, 0.6) is 0 Å². The molecular formula is C25H36N4O5. The fourth-order valence-electron chi connectivity index (χ4n) is 3.08. The molecule has 0 radical (unpaired) electrons. The number of alkyl carbamates (subject to hydrolysis) is 1. The molecule has 9 heteroatoms. The van der Waals surface area contributed by atoms with Crippen LogP contribution in [0.3, 0.4) is 0 Å². The minimum Gasteiger partial charge on any atom is -0.444 e. The summed E-state index contributed by atoms with van der Waals surface area (Å²) >= 11 is 0. The number of hydrogen-bond acceptors (Lipinski definition) is 5. The molecule has 9 nitrogen and oxygen atoms in total. The number of terminal acetylenes is 1. The summed E-state index contributed by atoms with van der Waals surface area (Å²) in [4.78, 5) is 51.5. The molecule has 1 rings (SSSR count). The van der Waals surface area contributed by atoms with Gasteiger partial charge in [0.05, 0.1) is 6.42 Å². The quantitative estimate of drug-likeness (QED) is 0.395. The number of aryl methyl sites for hydroxylation is 1. The van der Waals surface area contributed by atoms with E-state index in [4.69, 9.17) is 16.9 Å². The topological polar surface area (TPSA) is 131 Å². The number of benzene rings is 1. The maximum atomic E-state index is 13.4. The summed E-state index contributed by atoms with van der Waals surface area (Å²) in [6.07, 6.45) is 5.02. The SMILES string of the molecule is C#CN(C(=O)C(CC(N)=O)NC(=O)OC(C)(C)C)C(C(=O)NC(C)(C)C)c1ccc(CC)cc1. The molecule has 0 aliphatic carbocycles. The summed E-state index contributed by atoms with van der Waals surface area (Å²) in [5.41, 5.74) is 5.37. The van der Waals surface area contributed by atoms with Crippen molar-refractivity contribution in [1.82, 2.24) is 15.5 Å². The standard InChI is InChI=1S/C25H36N4O5/c1-9-16-11-13-17(14-12-16)20(21(31)28-24(3,4)5)29(10-2)22(32)18(15-19(26)30)27-23(33)34-25(6,7)8/h2,11-14,18,20H,9,15H2,1,3-8H3,(H2,26,30)(H,27,33)(H,28,31). The number of hydrogen-bond donors (Lipinski definition) is 3. The highest BCUT2D eigenvalue weighted by molar-refractivity contribution is 5.95. The molecule has 186 valence electrons. The number of carbonyl (C=O) groups is 4. The van der Waals surface area contributed by atoms with E-state index in [0.29, 0.717) is 5.56 Å². The smallest absolute Gasteiger partial charge is 0.408 e. The molecule has 0 saturated heterocycles. The van der Waals surface area contributed by atoms with Crippen molar-refractivity contribution in [3.05, 3.63) is 35.4 Å². The minimum absolute atomic E-state index is 0.473. The summed E-state index contributed by atoms with van der Waals surface area (Å²) in [5.74, 6) is -2.20. The van der Waals surface area contributed by atoms with E-state index < -0.39 is 53.5 Å². The first-order chi connectivity index (χ1) is 15.6. The van der Waals surface area contributed by atoms with Gasteiger partial charge in [0, 0.05) is 11.6 Å². The first-order valence-corrected chi connectivity index (χ1v) is 11.1. The van der Waals surface area contributed by atoms with E-state index >= 15 is 0 Å². The Hall–Kier alpha value is -3.54. The molecule has 1 aromatic carbocycles. The first-order valence-electron chi connectivity index (χ1n) is 11.1. The van der Waals surface area contributed by atoms with E-state index in [1.165, 1.54) is 0 Å². The molecule has 0 saturated carbocycles. The number of nitrogens with zero attached hydrogens (tertiary/aromatic N) is 1. The van der Waals surface area contributed by atoms with Gasteiger partial charge in [-0.2, -0.15) is 0 Å². The van der Waals surface area contributed by atoms with Crippen LogP contribution in [0.1, 0.15) is 72.1 Å². The fourth-order valence-corrected chi connectivity index (χ4v) is 3.08. The summed E-state index contributed by atoms with van der Waals surface area (Å²) in [6, 6.07) is 6.72. The van der Waals surface area contributed by atoms with Gasteiger partial charge in [-0.1, -0.05) is 37.6 Å². The van der Waals surface area contributed by atoms with Gasteiger partial charge in [0.1, 0.15) is 17.7 Å². The Morgan fingerprint density at radius 1 is 1.09 bits per heavy atom. The zero-order valence-electron chi connectivity index (χ0n) is 21.0. The van der Waals surface area contributed by atoms with Crippen molar-refractivity contribution in [2.75, 3.05) is 0 Å². The summed E-state index contributed by atoms with van der Waals surface area (Å²) in [6.45, 7) is 12.3. The first kappa shape index (κ1) is 28.5. The van der Waals surface area contributed by atoms with Gasteiger partial charge < -0.3 is 21.1 Å². The van der Waals surface area contributed by atoms with Gasteiger partial charge in [0.25, 0.3) is 5.91 Å². The zero-order valence-corrected chi connectivity index (χ0v) is 21.0. The molecule has 0 aliphatic rings. The van der Waals surface area contributed by atoms with Crippen molar-refractivity contribution in [3.63, 3.8) is 0 Å². The number of primary amides is 1. The Bertz CT molecular complexity index is 936. The number of amides is 4. The number of carbonyl (C=O) groups excluding carboxylic acids is 4. The average molecular weight is 473 g/mol. The zero-order chi connectivity index (χ0) is 26.3. The van der Waals surface area contributed by atoms with Gasteiger partial charge in [-0.25, -0.2) is 4.79 Å². The van der Waals surface area contributed by atoms with Crippen molar-refractivity contribution in [2.45, 2.75) is 84.5 Å². The van der Waals surface area contributed by atoms with Crippen LogP contribution in [0.25, 0.3) is 0 Å². The van der Waals surface area contributed by atoms with Crippen LogP contribution in [0.15, 0.2) is 24.3 Å². The lowest BCUT2D eigenvalue weighted by atomic mass is 9.99. The Morgan fingerprint density at radius 2 is 1.65 bits per heavy atom. The van der Waals surface area contributed by atoms with Crippen LogP contribution < -0.4 is 16.4 Å². The lowest BCUT2D eigenvalue weighted by molar-refractivity contribution is -0.140. The van der Waals surface area contributed by atoms with Crippen molar-refractivity contribution >= 4 is 23.8 Å². The van der Waals surface area contributed by atoms with Crippen LogP contribution in [-0.2, 0) is 25.5 Å². The molecule has 0 aromatic heterocycles. The highest BCUT2D eigenvalue weighted by Crippen LogP contribution is 2.24. The van der Waals surface area contributed by atoms with Gasteiger partial charge in [0.2, 0.25) is 11.8 Å². The largest absolute Gasteiger partial charge is 0.444 e. The molecule has 2 atom stereocenters. The number of rotatable bonds is 8. The Labute approximate surface area is 201 Å². The monoisotopic (exact) mass is 472 g/mol. The second-order valence-corrected chi connectivity index (χ2v) is 9.94. The van der Waals surface area contributed by atoms with E-state index in [1.807, 2.05) is 19.1 Å². The molecular weight excluding hydrogens is 436 g/mol. The minimum atomic E-state index is -1.43. The highest BCUT2D eigenvalue weighted by Gasteiger charge is 2.37. The van der Waals surface area contributed by atoms with E-state index in [9.17, 15) is 19.2 Å². The third-order valence-corrected chi connectivity index (χ3v) is 4.48. The second-order valence-electron chi connectivity index (χ2n) is 9.94. The molecule has 34 heavy (non-hydrogen) atoms. The van der Waals surface area contributed by atoms with E-state index in [1.54, 1.807) is 53.7 Å². The van der Waals surface area contributed by atoms with Crippen molar-refractivity contribution in [2.24, 2.45) is 5.73 Å². The third kappa shape index (κ3) is 9.14. The van der Waals surface area contributed by atoms with Crippen LogP contribution in [0.4, 0.5) is 4.79 Å². The van der Waals surface area contributed by atoms with Crippen LogP contribution in [-0.4, -0.2) is 45.9 Å².